The van der Waals surface area contributed by atoms with Crippen LogP contribution in [0.15, 0.2) is 36.4 Å². The third-order valence-electron chi connectivity index (χ3n) is 2.88. The summed E-state index contributed by atoms with van der Waals surface area (Å²) in [5, 5.41) is 17.3. The van der Waals surface area contributed by atoms with E-state index in [1.807, 2.05) is 0 Å². The minimum atomic E-state index is -0.830. The molecule has 0 amide bonds. The minimum absolute atomic E-state index is 0.0898. The van der Waals surface area contributed by atoms with E-state index in [2.05, 4.69) is 0 Å². The molecule has 0 heterocycles. The molecule has 0 fully saturated rings. The first kappa shape index (κ1) is 16.2. The van der Waals surface area contributed by atoms with Gasteiger partial charge in [0, 0.05) is 0 Å². The SMILES string of the molecule is OCCOc1ccc(-c2cc(F)c(OCCO)c(F)c2)cc1. The van der Waals surface area contributed by atoms with Crippen LogP contribution in [0.1, 0.15) is 0 Å². The average Bonchev–Trinajstić information content (AvgIpc) is 2.52. The molecule has 2 aromatic carbocycles. The van der Waals surface area contributed by atoms with E-state index in [9.17, 15) is 8.78 Å². The summed E-state index contributed by atoms with van der Waals surface area (Å²) in [4.78, 5) is 0. The Balaban J connectivity index is 2.21. The number of aliphatic hydroxyl groups excluding tert-OH is 2. The van der Waals surface area contributed by atoms with Crippen LogP contribution >= 0.6 is 0 Å². The van der Waals surface area contributed by atoms with Gasteiger partial charge in [0.1, 0.15) is 19.0 Å². The van der Waals surface area contributed by atoms with E-state index in [0.717, 1.165) is 0 Å². The molecule has 2 N–H and O–H groups in total. The third-order valence-corrected chi connectivity index (χ3v) is 2.88. The van der Waals surface area contributed by atoms with Crippen molar-refractivity contribution >= 4 is 0 Å². The molecule has 2 rings (SSSR count). The maximum absolute atomic E-state index is 13.9. The van der Waals surface area contributed by atoms with E-state index in [1.165, 1.54) is 12.1 Å². The lowest BCUT2D eigenvalue weighted by Crippen LogP contribution is -2.05. The molecule has 22 heavy (non-hydrogen) atoms. The van der Waals surface area contributed by atoms with Gasteiger partial charge in [0.15, 0.2) is 17.4 Å². The van der Waals surface area contributed by atoms with E-state index in [1.54, 1.807) is 24.3 Å². The highest BCUT2D eigenvalue weighted by Gasteiger charge is 2.13. The van der Waals surface area contributed by atoms with Gasteiger partial charge in [-0.1, -0.05) is 12.1 Å². The molecule has 0 aliphatic carbocycles. The summed E-state index contributed by atoms with van der Waals surface area (Å²) in [6.07, 6.45) is 0. The van der Waals surface area contributed by atoms with Crippen molar-refractivity contribution in [2.45, 2.75) is 0 Å². The van der Waals surface area contributed by atoms with Crippen molar-refractivity contribution in [3.63, 3.8) is 0 Å². The van der Waals surface area contributed by atoms with Gasteiger partial charge in [0.25, 0.3) is 0 Å². The second-order valence-corrected chi connectivity index (χ2v) is 4.44. The van der Waals surface area contributed by atoms with E-state index >= 15 is 0 Å². The highest BCUT2D eigenvalue weighted by atomic mass is 19.1. The topological polar surface area (TPSA) is 58.9 Å². The Hall–Kier alpha value is -2.18. The Morgan fingerprint density at radius 3 is 1.86 bits per heavy atom. The molecule has 0 radical (unpaired) electrons. The zero-order valence-corrected chi connectivity index (χ0v) is 11.8. The molecule has 0 saturated heterocycles. The lowest BCUT2D eigenvalue weighted by Gasteiger charge is -2.10. The number of hydrogen-bond acceptors (Lipinski definition) is 4. The van der Waals surface area contributed by atoms with Crippen molar-refractivity contribution in [1.29, 1.82) is 0 Å². The van der Waals surface area contributed by atoms with Gasteiger partial charge in [0.2, 0.25) is 0 Å². The van der Waals surface area contributed by atoms with Crippen molar-refractivity contribution in [3.05, 3.63) is 48.0 Å². The van der Waals surface area contributed by atoms with Gasteiger partial charge >= 0.3 is 0 Å². The third kappa shape index (κ3) is 3.93. The van der Waals surface area contributed by atoms with Crippen LogP contribution in [-0.2, 0) is 0 Å². The van der Waals surface area contributed by atoms with Gasteiger partial charge in [-0.2, -0.15) is 0 Å². The molecule has 0 aliphatic rings. The molecule has 0 atom stereocenters. The quantitative estimate of drug-likeness (QED) is 0.824. The summed E-state index contributed by atoms with van der Waals surface area (Å²) in [7, 11) is 0. The van der Waals surface area contributed by atoms with Crippen molar-refractivity contribution in [2.24, 2.45) is 0 Å². The second-order valence-electron chi connectivity index (χ2n) is 4.44. The van der Waals surface area contributed by atoms with Crippen LogP contribution in [0.4, 0.5) is 8.78 Å². The lowest BCUT2D eigenvalue weighted by molar-refractivity contribution is 0.191. The van der Waals surface area contributed by atoms with Crippen LogP contribution in [0.3, 0.4) is 0 Å². The zero-order chi connectivity index (χ0) is 15.9. The predicted octanol–water partition coefficient (Wildman–Crippen LogP) is 2.37. The maximum atomic E-state index is 13.9. The molecule has 0 spiro atoms. The molecule has 0 aliphatic heterocycles. The summed E-state index contributed by atoms with van der Waals surface area (Å²) in [6, 6.07) is 8.96. The van der Waals surface area contributed by atoms with Crippen LogP contribution < -0.4 is 9.47 Å². The maximum Gasteiger partial charge on any atom is 0.190 e. The fraction of sp³-hybridized carbons (Fsp3) is 0.250. The molecular formula is C16H16F2O4. The number of aliphatic hydroxyl groups is 2. The summed E-state index contributed by atoms with van der Waals surface area (Å²) in [5.41, 5.74) is 0.975. The number of halogens is 2. The van der Waals surface area contributed by atoms with Crippen molar-refractivity contribution in [2.75, 3.05) is 26.4 Å². The first-order chi connectivity index (χ1) is 10.7. The largest absolute Gasteiger partial charge is 0.491 e. The standard InChI is InChI=1S/C16H16F2O4/c17-14-9-12(10-15(18)16(14)22-8-6-20)11-1-3-13(4-2-11)21-7-5-19/h1-4,9-10,19-20H,5-8H2. The second kappa shape index (κ2) is 7.72. The monoisotopic (exact) mass is 310 g/mol. The summed E-state index contributed by atoms with van der Waals surface area (Å²) >= 11 is 0. The van der Waals surface area contributed by atoms with Crippen LogP contribution in [0, 0.1) is 11.6 Å². The van der Waals surface area contributed by atoms with Gasteiger partial charge in [-0.05, 0) is 35.4 Å². The van der Waals surface area contributed by atoms with Gasteiger partial charge in [-0.3, -0.25) is 0 Å². The highest BCUT2D eigenvalue weighted by Crippen LogP contribution is 2.29. The molecule has 2 aromatic rings. The average molecular weight is 310 g/mol. The minimum Gasteiger partial charge on any atom is -0.491 e. The van der Waals surface area contributed by atoms with E-state index in [0.29, 0.717) is 16.9 Å². The number of rotatable bonds is 7. The van der Waals surface area contributed by atoms with Crippen LogP contribution in [0.25, 0.3) is 11.1 Å². The Bertz CT molecular complexity index is 591. The fourth-order valence-corrected chi connectivity index (χ4v) is 1.92. The summed E-state index contributed by atoms with van der Waals surface area (Å²) in [6.45, 7) is -0.410. The molecule has 118 valence electrons. The van der Waals surface area contributed by atoms with Crippen LogP contribution in [0.2, 0.25) is 0 Å². The first-order valence-electron chi connectivity index (χ1n) is 6.72. The normalized spacial score (nSPS) is 10.5. The Morgan fingerprint density at radius 1 is 0.773 bits per heavy atom. The number of benzene rings is 2. The van der Waals surface area contributed by atoms with E-state index < -0.39 is 17.4 Å². The van der Waals surface area contributed by atoms with Crippen LogP contribution in [0.5, 0.6) is 11.5 Å². The summed E-state index contributed by atoms with van der Waals surface area (Å²) < 4.78 is 37.8. The fourth-order valence-electron chi connectivity index (χ4n) is 1.92. The predicted molar refractivity (Wildman–Crippen MR) is 77.0 cm³/mol. The highest BCUT2D eigenvalue weighted by molar-refractivity contribution is 5.65. The summed E-state index contributed by atoms with van der Waals surface area (Å²) in [5.74, 6) is -1.60. The molecule has 0 bridgehead atoms. The Kier molecular flexibility index (Phi) is 5.68. The molecule has 0 unspecified atom stereocenters. The van der Waals surface area contributed by atoms with Gasteiger partial charge in [-0.25, -0.2) is 8.78 Å². The molecule has 0 aromatic heterocycles. The van der Waals surface area contributed by atoms with Gasteiger partial charge < -0.3 is 19.7 Å². The van der Waals surface area contributed by atoms with E-state index in [4.69, 9.17) is 19.7 Å². The van der Waals surface area contributed by atoms with Crippen molar-refractivity contribution in [3.8, 4) is 22.6 Å². The molecular weight excluding hydrogens is 294 g/mol. The number of hydrogen-bond donors (Lipinski definition) is 2. The Labute approximate surface area is 126 Å². The van der Waals surface area contributed by atoms with Crippen molar-refractivity contribution in [1.82, 2.24) is 0 Å². The van der Waals surface area contributed by atoms with Gasteiger partial charge in [0.05, 0.1) is 13.2 Å². The van der Waals surface area contributed by atoms with Gasteiger partial charge in [-0.15, -0.1) is 0 Å². The molecule has 0 saturated carbocycles. The first-order valence-corrected chi connectivity index (χ1v) is 6.72. The number of ether oxygens (including phenoxy) is 2. The van der Waals surface area contributed by atoms with Crippen LogP contribution in [-0.4, -0.2) is 36.6 Å². The van der Waals surface area contributed by atoms with E-state index in [-0.39, 0.29) is 26.4 Å². The molecule has 6 heteroatoms. The smallest absolute Gasteiger partial charge is 0.190 e. The molecule has 4 nitrogen and oxygen atoms in total. The zero-order valence-electron chi connectivity index (χ0n) is 11.8. The lowest BCUT2D eigenvalue weighted by atomic mass is 10.0. The van der Waals surface area contributed by atoms with Crippen molar-refractivity contribution < 1.29 is 28.5 Å². The Morgan fingerprint density at radius 2 is 1.32 bits per heavy atom.